The lowest BCUT2D eigenvalue weighted by Gasteiger charge is -2.22. The Morgan fingerprint density at radius 3 is 1.97 bits per heavy atom. The van der Waals surface area contributed by atoms with Gasteiger partial charge in [-0.3, -0.25) is 4.79 Å². The van der Waals surface area contributed by atoms with Gasteiger partial charge in [0.2, 0.25) is 20.0 Å². The molecule has 2 aromatic carbocycles. The van der Waals surface area contributed by atoms with E-state index in [9.17, 15) is 31.8 Å². The molecule has 163 valence electrons. The highest BCUT2D eigenvalue weighted by atomic mass is 32.2. The Bertz CT molecular complexity index is 1130. The second-order valence-corrected chi connectivity index (χ2v) is 9.82. The number of nitrogens with one attached hydrogen (secondary N) is 3. The van der Waals surface area contributed by atoms with Gasteiger partial charge in [-0.25, -0.2) is 26.3 Å². The third-order valence-corrected chi connectivity index (χ3v) is 7.22. The number of benzene rings is 2. The Balaban J connectivity index is 2.12. The molecule has 0 aliphatic heterocycles. The molecule has 2 aromatic rings. The average Bonchev–Trinajstić information content (AvgIpc) is 2.68. The van der Waals surface area contributed by atoms with Gasteiger partial charge in [0.15, 0.2) is 11.5 Å². The van der Waals surface area contributed by atoms with Crippen molar-refractivity contribution in [1.82, 2.24) is 14.8 Å². The molecule has 2 unspecified atom stereocenters. The molecule has 2 rings (SSSR count). The molecule has 1 radical (unpaired) electrons. The topological polar surface area (TPSA) is 162 Å². The highest BCUT2D eigenvalue weighted by molar-refractivity contribution is 7.90. The van der Waals surface area contributed by atoms with Gasteiger partial charge in [-0.1, -0.05) is 0 Å². The van der Waals surface area contributed by atoms with Crippen molar-refractivity contribution in [2.24, 2.45) is 0 Å². The molecule has 0 bridgehead atoms. The highest BCUT2D eigenvalue weighted by Crippen LogP contribution is 2.27. The summed E-state index contributed by atoms with van der Waals surface area (Å²) in [6.45, 7) is 5.06. The van der Waals surface area contributed by atoms with Crippen molar-refractivity contribution in [2.45, 2.75) is 28.8 Å². The van der Waals surface area contributed by atoms with E-state index in [-0.39, 0.29) is 21.3 Å². The minimum absolute atomic E-state index is 0.123. The van der Waals surface area contributed by atoms with Crippen LogP contribution in [0.25, 0.3) is 0 Å². The number of carbonyl (C=O) groups excluding carboxylic acids is 1. The third-order valence-electron chi connectivity index (χ3n) is 4.16. The van der Waals surface area contributed by atoms with Gasteiger partial charge >= 0.3 is 0 Å². The smallest absolute Gasteiger partial charge is 0.251 e. The lowest BCUT2D eigenvalue weighted by atomic mass is 10.2. The molecule has 12 heteroatoms. The first kappa shape index (κ1) is 23.6. The monoisotopic (exact) mass is 456 g/mol. The quantitative estimate of drug-likeness (QED) is 0.357. The van der Waals surface area contributed by atoms with Gasteiger partial charge in [0.05, 0.1) is 9.79 Å². The second kappa shape index (κ2) is 9.00. The third kappa shape index (κ3) is 5.48. The fourth-order valence-electron chi connectivity index (χ4n) is 2.36. The summed E-state index contributed by atoms with van der Waals surface area (Å²) >= 11 is 0. The first-order valence-corrected chi connectivity index (χ1v) is 11.6. The number of carbonyl (C=O) groups is 1. The molecule has 0 aliphatic rings. The van der Waals surface area contributed by atoms with Crippen LogP contribution in [0.4, 0.5) is 0 Å². The van der Waals surface area contributed by atoms with Crippen molar-refractivity contribution >= 4 is 26.0 Å². The van der Waals surface area contributed by atoms with E-state index in [1.807, 2.05) is 0 Å². The number of aromatic hydroxyl groups is 2. The Morgan fingerprint density at radius 2 is 1.43 bits per heavy atom. The molecule has 0 fully saturated rings. The van der Waals surface area contributed by atoms with E-state index in [1.165, 1.54) is 38.2 Å². The van der Waals surface area contributed by atoms with Crippen LogP contribution < -0.4 is 14.8 Å². The maximum absolute atomic E-state index is 12.5. The summed E-state index contributed by atoms with van der Waals surface area (Å²) in [6.07, 6.45) is 0. The van der Waals surface area contributed by atoms with Gasteiger partial charge in [-0.2, -0.15) is 0 Å². The number of amides is 1. The molecule has 10 nitrogen and oxygen atoms in total. The highest BCUT2D eigenvalue weighted by Gasteiger charge is 2.26. The number of hydrogen-bond donors (Lipinski definition) is 5. The molecule has 5 N–H and O–H groups in total. The number of hydrogen-bond acceptors (Lipinski definition) is 7. The summed E-state index contributed by atoms with van der Waals surface area (Å²) in [6, 6.07) is 6.08. The van der Waals surface area contributed by atoms with E-state index < -0.39 is 43.6 Å². The van der Waals surface area contributed by atoms with Gasteiger partial charge in [-0.05, 0) is 50.2 Å². The Morgan fingerprint density at radius 1 is 0.900 bits per heavy atom. The first-order chi connectivity index (χ1) is 13.9. The molecular weight excluding hydrogens is 434 g/mol. The summed E-state index contributed by atoms with van der Waals surface area (Å²) in [7, 11) is -6.71. The van der Waals surface area contributed by atoms with E-state index >= 15 is 0 Å². The maximum Gasteiger partial charge on any atom is 0.251 e. The molecule has 0 spiro atoms. The zero-order chi connectivity index (χ0) is 22.7. The van der Waals surface area contributed by atoms with Crippen molar-refractivity contribution in [1.29, 1.82) is 0 Å². The van der Waals surface area contributed by atoms with Crippen LogP contribution in [0.2, 0.25) is 0 Å². The molecule has 0 saturated carbocycles. The second-order valence-electron chi connectivity index (χ2n) is 6.39. The molecule has 1 amide bonds. The molecular formula is C18H22N3O7S2. The standard InChI is InChI=1S/C18H22N3O7S2/c1-11(12(2)21-30(27,28)15-8-9-16(22)17(23)10-15)20-29(25,26)14-6-4-13(5-7-14)18(24)19-3/h4-12,20-23H,1H2,2-3H3,(H,19,24). The Hall–Kier alpha value is -2.67. The van der Waals surface area contributed by atoms with Crippen LogP contribution in [-0.4, -0.2) is 52.1 Å². The van der Waals surface area contributed by atoms with Gasteiger partial charge in [0.1, 0.15) is 0 Å². The normalized spacial score (nSPS) is 14.1. The molecule has 2 atom stereocenters. The molecule has 0 saturated heterocycles. The summed E-state index contributed by atoms with van der Waals surface area (Å²) < 4.78 is 54.4. The summed E-state index contributed by atoms with van der Waals surface area (Å²) in [4.78, 5) is 11.1. The van der Waals surface area contributed by atoms with Crippen molar-refractivity contribution in [3.63, 3.8) is 0 Å². The Kier molecular flexibility index (Phi) is 7.08. The van der Waals surface area contributed by atoms with Crippen molar-refractivity contribution in [2.75, 3.05) is 7.05 Å². The first-order valence-electron chi connectivity index (χ1n) is 8.59. The van der Waals surface area contributed by atoms with E-state index in [0.717, 1.165) is 18.2 Å². The molecule has 0 aromatic heterocycles. The van der Waals surface area contributed by atoms with Crippen molar-refractivity contribution in [3.05, 3.63) is 55.0 Å². The van der Waals surface area contributed by atoms with Crippen LogP contribution in [0, 0.1) is 6.92 Å². The number of phenols is 2. The summed E-state index contributed by atoms with van der Waals surface area (Å²) in [5.41, 5.74) is 0.279. The summed E-state index contributed by atoms with van der Waals surface area (Å²) in [5.74, 6) is -1.46. The van der Waals surface area contributed by atoms with E-state index in [2.05, 4.69) is 21.7 Å². The maximum atomic E-state index is 12.5. The number of sulfonamides is 2. The van der Waals surface area contributed by atoms with E-state index in [1.54, 1.807) is 0 Å². The zero-order valence-corrected chi connectivity index (χ0v) is 17.8. The fraction of sp³-hybridized carbons (Fsp3) is 0.222. The van der Waals surface area contributed by atoms with Crippen LogP contribution in [0.3, 0.4) is 0 Å². The minimum Gasteiger partial charge on any atom is -0.504 e. The fourth-order valence-corrected chi connectivity index (χ4v) is 4.90. The zero-order valence-electron chi connectivity index (χ0n) is 16.2. The van der Waals surface area contributed by atoms with Gasteiger partial charge < -0.3 is 15.5 Å². The van der Waals surface area contributed by atoms with Crippen LogP contribution in [0.15, 0.2) is 52.3 Å². The predicted molar refractivity (Wildman–Crippen MR) is 109 cm³/mol. The predicted octanol–water partition coefficient (Wildman–Crippen LogP) is 0.305. The minimum atomic E-state index is -4.12. The molecule has 0 aliphatic carbocycles. The molecule has 30 heavy (non-hydrogen) atoms. The lowest BCUT2D eigenvalue weighted by Crippen LogP contribution is -2.48. The largest absolute Gasteiger partial charge is 0.504 e. The van der Waals surface area contributed by atoms with Crippen LogP contribution in [-0.2, 0) is 20.0 Å². The average molecular weight is 457 g/mol. The van der Waals surface area contributed by atoms with Gasteiger partial charge in [0, 0.05) is 30.8 Å². The van der Waals surface area contributed by atoms with Crippen LogP contribution in [0.5, 0.6) is 11.5 Å². The van der Waals surface area contributed by atoms with Gasteiger partial charge in [0.25, 0.3) is 5.91 Å². The lowest BCUT2D eigenvalue weighted by molar-refractivity contribution is 0.0963. The Labute approximate surface area is 175 Å². The van der Waals surface area contributed by atoms with E-state index in [0.29, 0.717) is 0 Å². The van der Waals surface area contributed by atoms with Crippen molar-refractivity contribution < 1.29 is 31.8 Å². The number of rotatable bonds is 8. The number of phenolic OH excluding ortho intramolecular Hbond substituents is 2. The van der Waals surface area contributed by atoms with E-state index in [4.69, 9.17) is 0 Å². The molecule has 0 heterocycles. The van der Waals surface area contributed by atoms with Crippen LogP contribution in [0.1, 0.15) is 17.3 Å². The SMILES string of the molecule is [CH2]C(NS(=O)(=O)c1ccc(C(=O)NC)cc1)C(C)NS(=O)(=O)c1ccc(O)c(O)c1. The summed E-state index contributed by atoms with van der Waals surface area (Å²) in [5, 5.41) is 21.2. The van der Waals surface area contributed by atoms with Crippen LogP contribution >= 0.6 is 0 Å². The van der Waals surface area contributed by atoms with Crippen molar-refractivity contribution in [3.8, 4) is 11.5 Å². The van der Waals surface area contributed by atoms with Gasteiger partial charge in [-0.15, -0.1) is 0 Å².